The summed E-state index contributed by atoms with van der Waals surface area (Å²) in [6.07, 6.45) is 11.8. The van der Waals surface area contributed by atoms with Crippen LogP contribution in [-0.4, -0.2) is 298 Å². The molecule has 0 radical (unpaired) electrons. The fraction of sp³-hybridized carbons (Fsp3) is 0.465. The van der Waals surface area contributed by atoms with E-state index < -0.39 is 0 Å². The first kappa shape index (κ1) is 107. The summed E-state index contributed by atoms with van der Waals surface area (Å²) in [4.78, 5) is 105. The minimum Gasteiger partial charge on any atom is -0.492 e. The monoisotopic (exact) mass is 1980 g/mol. The second kappa shape index (κ2) is 49.1. The van der Waals surface area contributed by atoms with Crippen molar-refractivity contribution in [2.45, 2.75) is 128 Å². The molecule has 0 bridgehead atoms. The van der Waals surface area contributed by atoms with Crippen LogP contribution in [0.5, 0.6) is 18.0 Å². The maximum absolute atomic E-state index is 13.0. The number of carbonyl (C=O) groups is 3. The molecule has 730 valence electrons. The number of methoxy groups -OCH3 is 2. The van der Waals surface area contributed by atoms with Gasteiger partial charge in [0, 0.05) is 153 Å². The second-order valence-corrected chi connectivity index (χ2v) is 36.2. The normalized spacial score (nSPS) is 19.7. The standard InChI is InChI=1S/C34H41N7O3.2C33H38ClN7O3.CH4.4H2S/c1-23-9-6-10-25-11-7-13-30(31(23)25)39-16-14-28-29(21-39)36-34(44-22-26-12-8-15-38(26)4)37-32(28)40-17-18-41(27(20-40)19-35-3)33(42)24(2)43-5;1-22(43-4)32(42)41-17-16-40(19-25(41)18-35-2)31-26-13-15-39(29-12-6-9-23-8-5-11-27(34)30(23)29)20-28(26)36-33(37-31)44-21-24-10-7-14-38(24)3;1-35-19-25-20-40(16-17-41(25)30(43)12-6-18-42)32-26-13-15-39(29-11-4-8-23-7-3-10-27(34)31(23)29)21-28(26)36-33(37-32)44-22-24-9-5-14-38(24)2;;;;;/h6-7,9-11,13,26-27H,2,8,12,14-22H2,1,4-5H3;5-6,8-9,11-12,24-25H,1,7,10,13-21H2,3-4H3;3-4,6-8,10-12,24-25,42H,5,9,13-22H2,2H3;1H4;4*1H2/b;;12-6+;;;;;/t26-,27-;2*24-,25-;;;;;/m000...../s1. The Labute approximate surface area is 843 Å². The van der Waals surface area contributed by atoms with Crippen molar-refractivity contribution in [1.82, 2.24) is 59.3 Å². The molecule has 6 aromatic carbocycles. The summed E-state index contributed by atoms with van der Waals surface area (Å²) in [7, 11) is 9.28. The number of amides is 3. The molecule has 12 heterocycles. The molecule has 3 amide bonds. The van der Waals surface area contributed by atoms with E-state index in [1.54, 1.807) is 14.7 Å². The fourth-order valence-corrected chi connectivity index (χ4v) is 20.7. The molecule has 36 heteroatoms. The van der Waals surface area contributed by atoms with E-state index in [0.29, 0.717) is 135 Å². The number of piperazine rings is 3. The van der Waals surface area contributed by atoms with Crippen LogP contribution in [0.4, 0.5) is 34.5 Å². The van der Waals surface area contributed by atoms with E-state index in [9.17, 15) is 14.4 Å². The molecule has 0 unspecified atom stereocenters. The molecule has 3 aromatic heterocycles. The number of ether oxygens (including phenoxy) is 5. The number of benzene rings is 6. The minimum atomic E-state index is -0.319. The first-order valence-electron chi connectivity index (χ1n) is 45.9. The van der Waals surface area contributed by atoms with Gasteiger partial charge in [0.2, 0.25) is 25.5 Å². The number of hydrogen-bond acceptors (Lipinski definition) is 24. The third kappa shape index (κ3) is 24.0. The molecule has 18 rings (SSSR count). The average molecular weight is 1980 g/mol. The summed E-state index contributed by atoms with van der Waals surface area (Å²) in [5.74, 6) is 1.94. The number of nitrogens with zero attached hydrogens (tertiary/aromatic N) is 21. The van der Waals surface area contributed by atoms with Crippen LogP contribution in [-0.2, 0) is 62.8 Å². The lowest BCUT2D eigenvalue weighted by molar-refractivity contribution is -0.133. The molecule has 6 fully saturated rings. The smallest absolute Gasteiger partial charge is 0.318 e. The van der Waals surface area contributed by atoms with Gasteiger partial charge in [-0.1, -0.05) is 129 Å². The highest BCUT2D eigenvalue weighted by Gasteiger charge is 2.42. The molecule has 137 heavy (non-hydrogen) atoms. The van der Waals surface area contributed by atoms with Crippen molar-refractivity contribution in [2.75, 3.05) is 209 Å². The Morgan fingerprint density at radius 1 is 0.438 bits per heavy atom. The highest BCUT2D eigenvalue weighted by molar-refractivity contribution is 7.59. The lowest BCUT2D eigenvalue weighted by Gasteiger charge is -2.41. The van der Waals surface area contributed by atoms with Crippen LogP contribution in [0, 0.1) is 26.6 Å². The number of aliphatic hydroxyl groups excluding tert-OH is 1. The predicted molar refractivity (Wildman–Crippen MR) is 565 cm³/mol. The molecular weight excluding hydrogens is 1850 g/mol. The highest BCUT2D eigenvalue weighted by Crippen LogP contribution is 2.43. The number of carbonyl (C=O) groups excluding carboxylic acids is 3. The first-order chi connectivity index (χ1) is 64.2. The molecule has 9 aromatic rings. The van der Waals surface area contributed by atoms with Crippen LogP contribution in [0.25, 0.3) is 46.9 Å². The van der Waals surface area contributed by atoms with Crippen LogP contribution in [0.2, 0.25) is 10.0 Å². The average Bonchev–Trinajstić information content (AvgIpc) is 1.16. The lowest BCUT2D eigenvalue weighted by atomic mass is 9.99. The summed E-state index contributed by atoms with van der Waals surface area (Å²) >= 11 is 13.4. The molecule has 1 N–H and O–H groups in total. The van der Waals surface area contributed by atoms with E-state index in [4.69, 9.17) is 102 Å². The maximum atomic E-state index is 13.0. The van der Waals surface area contributed by atoms with Gasteiger partial charge in [0.1, 0.15) is 55.4 Å². The SMILES string of the molecule is C.S.S.S.S.[C-]#[N+]C[C@H]1CN(c2nc(OC[C@@H]3CCCN3C)nc3c2CCN(c2cccc4cccc(C)c24)C3)CCN1C(=O)C(=C)OC.[C-]#[N+]C[C@H]1CN(c2nc(OC[C@@H]3CCCN3C)nc3c2CCN(c2cccc4cccc(Cl)c24)C3)CCN1C(=O)/C=C/CO.[C-]#[N+]C[C@H]1CN(c2nc(OC[C@@H]3CCCN3C)nc3c2CCN(c2cccc4cccc(Cl)c24)C3)CCN1C(=O)C(=C)OC. The van der Waals surface area contributed by atoms with E-state index in [2.05, 4.69) is 185 Å². The van der Waals surface area contributed by atoms with Crippen molar-refractivity contribution in [2.24, 2.45) is 0 Å². The van der Waals surface area contributed by atoms with Gasteiger partial charge >= 0.3 is 18.0 Å². The summed E-state index contributed by atoms with van der Waals surface area (Å²) < 4.78 is 29.2. The molecule has 9 aliphatic heterocycles. The van der Waals surface area contributed by atoms with Crippen molar-refractivity contribution < 1.29 is 43.2 Å². The van der Waals surface area contributed by atoms with E-state index >= 15 is 0 Å². The van der Waals surface area contributed by atoms with Gasteiger partial charge in [-0.15, -0.1) is 0 Å². The fourth-order valence-electron chi connectivity index (χ4n) is 20.2. The predicted octanol–water partition coefficient (Wildman–Crippen LogP) is 13.4. The number of aryl methyl sites for hydroxylation is 1. The third-order valence-electron chi connectivity index (χ3n) is 27.5. The Morgan fingerprint density at radius 3 is 1.09 bits per heavy atom. The van der Waals surface area contributed by atoms with E-state index in [1.165, 1.54) is 54.8 Å². The number of aromatic nitrogens is 6. The van der Waals surface area contributed by atoms with Crippen molar-refractivity contribution in [3.05, 3.63) is 230 Å². The van der Waals surface area contributed by atoms with Crippen molar-refractivity contribution in [3.8, 4) is 18.0 Å². The molecule has 6 atom stereocenters. The number of hydrogen-bond donors (Lipinski definition) is 1. The number of anilines is 6. The molecule has 0 spiro atoms. The summed E-state index contributed by atoms with van der Waals surface area (Å²) in [6, 6.07) is 38.7. The van der Waals surface area contributed by atoms with Crippen LogP contribution < -0.4 is 43.6 Å². The number of fused-ring (bicyclic) bond motifs is 6. The van der Waals surface area contributed by atoms with E-state index in [1.807, 2.05) is 24.3 Å². The number of likely N-dealkylation sites (N-methyl/N-ethyl adjacent to an activating group) is 3. The molecular formula is C101H129Cl2N21O9S4. The Morgan fingerprint density at radius 2 is 0.759 bits per heavy atom. The van der Waals surface area contributed by atoms with Crippen LogP contribution in [0.15, 0.2) is 146 Å². The number of likely N-dealkylation sites (tertiary alicyclic amines) is 3. The molecule has 6 saturated heterocycles. The zero-order valence-electron chi connectivity index (χ0n) is 78.3. The van der Waals surface area contributed by atoms with Gasteiger partial charge < -0.3 is 102 Å². The zero-order valence-corrected chi connectivity index (χ0v) is 83.8. The van der Waals surface area contributed by atoms with Crippen molar-refractivity contribution in [1.29, 1.82) is 0 Å². The number of rotatable bonds is 24. The molecule has 30 nitrogen and oxygen atoms in total. The van der Waals surface area contributed by atoms with Gasteiger partial charge in [-0.3, -0.25) is 14.4 Å². The third-order valence-corrected chi connectivity index (χ3v) is 28.1. The van der Waals surface area contributed by atoms with Crippen LogP contribution in [0.3, 0.4) is 0 Å². The van der Waals surface area contributed by atoms with Gasteiger partial charge in [0.05, 0.1) is 67.6 Å². The van der Waals surface area contributed by atoms with E-state index in [-0.39, 0.29) is 135 Å². The first-order valence-corrected chi connectivity index (χ1v) is 46.6. The van der Waals surface area contributed by atoms with Gasteiger partial charge in [-0.05, 0) is 158 Å². The van der Waals surface area contributed by atoms with Gasteiger partial charge in [0.15, 0.2) is 11.5 Å². The summed E-state index contributed by atoms with van der Waals surface area (Å²) in [5.41, 5.74) is 10.7. The van der Waals surface area contributed by atoms with Crippen molar-refractivity contribution in [3.63, 3.8) is 0 Å². The molecule has 0 saturated carbocycles. The highest BCUT2D eigenvalue weighted by atomic mass is 35.5. The Kier molecular flexibility index (Phi) is 38.1. The van der Waals surface area contributed by atoms with E-state index in [0.717, 1.165) is 185 Å². The van der Waals surface area contributed by atoms with Crippen LogP contribution >= 0.6 is 77.2 Å². The van der Waals surface area contributed by atoms with Crippen LogP contribution in [0.1, 0.15) is 85.3 Å². The molecule has 0 aliphatic carbocycles. The Bertz CT molecular complexity index is 5700. The Hall–Kier alpha value is -10.9. The van der Waals surface area contributed by atoms with Gasteiger partial charge in [0.25, 0.3) is 11.8 Å². The molecule has 9 aliphatic rings. The quantitative estimate of drug-likeness (QED) is 0.0335. The Balaban J connectivity index is 0.000000194. The summed E-state index contributed by atoms with van der Waals surface area (Å²) in [5, 5.41) is 17.4. The topological polar surface area (TPSA) is 247 Å². The van der Waals surface area contributed by atoms with Gasteiger partial charge in [-0.25, -0.2) is 19.7 Å². The van der Waals surface area contributed by atoms with Crippen molar-refractivity contribution >= 4 is 162 Å². The largest absolute Gasteiger partial charge is 0.492 e. The number of aliphatic hydroxyl groups is 1. The lowest BCUT2D eigenvalue weighted by Crippen LogP contribution is -2.57. The second-order valence-electron chi connectivity index (χ2n) is 35.4. The number of halogens is 2. The van der Waals surface area contributed by atoms with Gasteiger partial charge in [-0.2, -0.15) is 83.9 Å². The maximum Gasteiger partial charge on any atom is 0.318 e. The summed E-state index contributed by atoms with van der Waals surface area (Å²) in [6.45, 7) is 46.2. The zero-order chi connectivity index (χ0) is 92.2. The minimum absolute atomic E-state index is 0.